The number of nitrogens with zero attached hydrogens (tertiary/aromatic N) is 2. The van der Waals surface area contributed by atoms with E-state index in [1.165, 1.54) is 11.0 Å². The minimum absolute atomic E-state index is 0.0131. The molecule has 0 radical (unpaired) electrons. The lowest BCUT2D eigenvalue weighted by Crippen LogP contribution is -2.40. The predicted octanol–water partition coefficient (Wildman–Crippen LogP) is 2.24. The first kappa shape index (κ1) is 24.1. The molecular formula is C23H26FN3O6S. The first-order valence-electron chi connectivity index (χ1n) is 11.0. The summed E-state index contributed by atoms with van der Waals surface area (Å²) in [5, 5.41) is 2.63. The summed E-state index contributed by atoms with van der Waals surface area (Å²) in [4.78, 5) is 26.4. The highest BCUT2D eigenvalue weighted by atomic mass is 32.2. The van der Waals surface area contributed by atoms with Crippen molar-refractivity contribution in [2.24, 2.45) is 5.92 Å². The Morgan fingerprint density at radius 2 is 1.88 bits per heavy atom. The summed E-state index contributed by atoms with van der Waals surface area (Å²) < 4.78 is 51.9. The smallest absolute Gasteiger partial charge is 0.246 e. The van der Waals surface area contributed by atoms with Crippen molar-refractivity contribution in [1.82, 2.24) is 4.31 Å². The van der Waals surface area contributed by atoms with Crippen LogP contribution in [0.25, 0.3) is 0 Å². The number of rotatable bonds is 7. The average Bonchev–Trinajstić information content (AvgIpc) is 3.23. The molecule has 2 aromatic rings. The van der Waals surface area contributed by atoms with Gasteiger partial charge < -0.3 is 19.7 Å². The quantitative estimate of drug-likeness (QED) is 0.637. The minimum atomic E-state index is -4.08. The van der Waals surface area contributed by atoms with Gasteiger partial charge in [0.05, 0.1) is 25.7 Å². The Morgan fingerprint density at radius 1 is 1.18 bits per heavy atom. The third kappa shape index (κ3) is 5.06. The number of benzene rings is 2. The highest BCUT2D eigenvalue weighted by Crippen LogP contribution is 2.29. The Kier molecular flexibility index (Phi) is 7.15. The molecule has 0 aliphatic carbocycles. The van der Waals surface area contributed by atoms with E-state index in [1.807, 2.05) is 6.92 Å². The standard InChI is InChI=1S/C23H26FN3O6S/c1-2-33-19-6-4-18(5-7-19)27-15-16(13-22(27)28)23(29)25-17-3-8-20(24)21(14-17)34(30,31)26-9-11-32-12-10-26/h3-8,14,16H,2,9-13,15H2,1H3,(H,25,29). The fraction of sp³-hybridized carbons (Fsp3) is 0.391. The van der Waals surface area contributed by atoms with Crippen LogP contribution >= 0.6 is 0 Å². The minimum Gasteiger partial charge on any atom is -0.494 e. The fourth-order valence-corrected chi connectivity index (χ4v) is 5.47. The molecule has 4 rings (SSSR count). The first-order valence-corrected chi connectivity index (χ1v) is 12.4. The molecule has 1 atom stereocenters. The van der Waals surface area contributed by atoms with Crippen LogP contribution in [0.2, 0.25) is 0 Å². The van der Waals surface area contributed by atoms with Crippen molar-refractivity contribution in [1.29, 1.82) is 0 Å². The van der Waals surface area contributed by atoms with E-state index in [-0.39, 0.29) is 50.9 Å². The molecule has 2 amide bonds. The van der Waals surface area contributed by atoms with Crippen LogP contribution in [0.1, 0.15) is 13.3 Å². The van der Waals surface area contributed by atoms with Gasteiger partial charge in [0, 0.05) is 37.4 Å². The first-order chi connectivity index (χ1) is 16.3. The van der Waals surface area contributed by atoms with Crippen molar-refractivity contribution < 1.29 is 31.9 Å². The Labute approximate surface area is 197 Å². The molecule has 0 spiro atoms. The number of nitrogens with one attached hydrogen (secondary N) is 1. The molecule has 11 heteroatoms. The molecule has 0 saturated carbocycles. The van der Waals surface area contributed by atoms with Crippen LogP contribution in [0.5, 0.6) is 5.75 Å². The van der Waals surface area contributed by atoms with Crippen LogP contribution in [-0.4, -0.2) is 64.0 Å². The number of carbonyl (C=O) groups is 2. The van der Waals surface area contributed by atoms with Crippen molar-refractivity contribution in [2.75, 3.05) is 49.7 Å². The summed E-state index contributed by atoms with van der Waals surface area (Å²) in [6, 6.07) is 10.4. The SMILES string of the molecule is CCOc1ccc(N2CC(C(=O)Nc3ccc(F)c(S(=O)(=O)N4CCOCC4)c3)CC2=O)cc1. The van der Waals surface area contributed by atoms with Gasteiger partial charge >= 0.3 is 0 Å². The predicted molar refractivity (Wildman–Crippen MR) is 123 cm³/mol. The maximum Gasteiger partial charge on any atom is 0.246 e. The van der Waals surface area contributed by atoms with E-state index < -0.39 is 32.6 Å². The van der Waals surface area contributed by atoms with E-state index in [2.05, 4.69) is 5.32 Å². The number of anilines is 2. The van der Waals surface area contributed by atoms with E-state index >= 15 is 0 Å². The molecule has 2 aliphatic rings. The molecule has 34 heavy (non-hydrogen) atoms. The van der Waals surface area contributed by atoms with Gasteiger partial charge in [-0.3, -0.25) is 9.59 Å². The van der Waals surface area contributed by atoms with Gasteiger partial charge in [0.2, 0.25) is 21.8 Å². The number of hydrogen-bond donors (Lipinski definition) is 1. The highest BCUT2D eigenvalue weighted by Gasteiger charge is 2.35. The molecule has 0 bridgehead atoms. The Morgan fingerprint density at radius 3 is 2.56 bits per heavy atom. The highest BCUT2D eigenvalue weighted by molar-refractivity contribution is 7.89. The molecule has 2 saturated heterocycles. The van der Waals surface area contributed by atoms with Crippen LogP contribution in [0.3, 0.4) is 0 Å². The van der Waals surface area contributed by atoms with Crippen molar-refractivity contribution in [3.63, 3.8) is 0 Å². The molecule has 2 heterocycles. The number of amides is 2. The van der Waals surface area contributed by atoms with Crippen LogP contribution < -0.4 is 15.0 Å². The lowest BCUT2D eigenvalue weighted by Gasteiger charge is -2.26. The van der Waals surface area contributed by atoms with Crippen molar-refractivity contribution in [3.8, 4) is 5.75 Å². The van der Waals surface area contributed by atoms with E-state index in [0.29, 0.717) is 18.0 Å². The molecule has 2 aliphatic heterocycles. The Hall–Kier alpha value is -3.02. The fourth-order valence-electron chi connectivity index (χ4n) is 3.97. The molecule has 9 nitrogen and oxygen atoms in total. The number of halogens is 1. The Bertz CT molecular complexity index is 1170. The van der Waals surface area contributed by atoms with Crippen LogP contribution in [0.4, 0.5) is 15.8 Å². The summed E-state index contributed by atoms with van der Waals surface area (Å²) in [6.07, 6.45) is 0.0131. The van der Waals surface area contributed by atoms with Gasteiger partial charge in [0.15, 0.2) is 0 Å². The lowest BCUT2D eigenvalue weighted by molar-refractivity contribution is -0.122. The van der Waals surface area contributed by atoms with Gasteiger partial charge in [-0.2, -0.15) is 4.31 Å². The lowest BCUT2D eigenvalue weighted by atomic mass is 10.1. The molecule has 2 fully saturated rings. The third-order valence-corrected chi connectivity index (χ3v) is 7.66. The van der Waals surface area contributed by atoms with Crippen molar-refractivity contribution in [3.05, 3.63) is 48.3 Å². The number of ether oxygens (including phenoxy) is 2. The summed E-state index contributed by atoms with van der Waals surface area (Å²) in [6.45, 7) is 3.31. The van der Waals surface area contributed by atoms with Gasteiger partial charge in [-0.1, -0.05) is 0 Å². The van der Waals surface area contributed by atoms with Crippen LogP contribution in [0, 0.1) is 11.7 Å². The average molecular weight is 492 g/mol. The normalized spacial score (nSPS) is 19.3. The second-order valence-corrected chi connectivity index (χ2v) is 9.89. The molecule has 1 unspecified atom stereocenters. The van der Waals surface area contributed by atoms with Crippen molar-refractivity contribution >= 4 is 33.2 Å². The summed E-state index contributed by atoms with van der Waals surface area (Å²) in [5.41, 5.74) is 0.801. The zero-order valence-corrected chi connectivity index (χ0v) is 19.5. The summed E-state index contributed by atoms with van der Waals surface area (Å²) in [5.74, 6) is -1.49. The van der Waals surface area contributed by atoms with E-state index in [1.54, 1.807) is 24.3 Å². The topological polar surface area (TPSA) is 105 Å². The molecular weight excluding hydrogens is 465 g/mol. The molecule has 0 aromatic heterocycles. The molecule has 2 aromatic carbocycles. The van der Waals surface area contributed by atoms with Crippen LogP contribution in [0.15, 0.2) is 47.4 Å². The third-order valence-electron chi connectivity index (χ3n) is 5.74. The van der Waals surface area contributed by atoms with Gasteiger partial charge in [-0.25, -0.2) is 12.8 Å². The van der Waals surface area contributed by atoms with Gasteiger partial charge in [-0.15, -0.1) is 0 Å². The monoisotopic (exact) mass is 491 g/mol. The number of hydrogen-bond acceptors (Lipinski definition) is 6. The second-order valence-electron chi connectivity index (χ2n) is 7.98. The maximum absolute atomic E-state index is 14.4. The van der Waals surface area contributed by atoms with Crippen molar-refractivity contribution in [2.45, 2.75) is 18.2 Å². The van der Waals surface area contributed by atoms with Gasteiger partial charge in [-0.05, 0) is 49.4 Å². The zero-order valence-electron chi connectivity index (χ0n) is 18.7. The van der Waals surface area contributed by atoms with Gasteiger partial charge in [0.1, 0.15) is 16.5 Å². The number of sulfonamides is 1. The Balaban J connectivity index is 1.45. The van der Waals surface area contributed by atoms with E-state index in [9.17, 15) is 22.4 Å². The second kappa shape index (κ2) is 10.1. The largest absolute Gasteiger partial charge is 0.494 e. The summed E-state index contributed by atoms with van der Waals surface area (Å²) in [7, 11) is -4.08. The maximum atomic E-state index is 14.4. The molecule has 1 N–H and O–H groups in total. The van der Waals surface area contributed by atoms with E-state index in [0.717, 1.165) is 16.4 Å². The number of morpholine rings is 1. The molecule has 182 valence electrons. The summed E-state index contributed by atoms with van der Waals surface area (Å²) >= 11 is 0. The van der Waals surface area contributed by atoms with Crippen LogP contribution in [-0.2, 0) is 24.3 Å². The van der Waals surface area contributed by atoms with E-state index in [4.69, 9.17) is 9.47 Å². The zero-order chi connectivity index (χ0) is 24.3. The van der Waals surface area contributed by atoms with Gasteiger partial charge in [0.25, 0.3) is 0 Å². The number of carbonyl (C=O) groups excluding carboxylic acids is 2.